The van der Waals surface area contributed by atoms with Crippen LogP contribution in [-0.4, -0.2) is 64.3 Å². The van der Waals surface area contributed by atoms with Crippen molar-refractivity contribution in [1.82, 2.24) is 19.5 Å². The molecule has 5 unspecified atom stereocenters. The maximum atomic E-state index is 11.3. The minimum Gasteiger partial charge on any atom is -0.387 e. The van der Waals surface area contributed by atoms with Crippen molar-refractivity contribution in [2.24, 2.45) is 0 Å². The number of aliphatic hydroxyl groups excluding tert-OH is 2. The van der Waals surface area contributed by atoms with E-state index in [0.717, 1.165) is 0 Å². The van der Waals surface area contributed by atoms with Crippen LogP contribution in [0.3, 0.4) is 0 Å². The van der Waals surface area contributed by atoms with Crippen molar-refractivity contribution in [3.8, 4) is 0 Å². The number of ether oxygens (including phenoxy) is 1. The van der Waals surface area contributed by atoms with Gasteiger partial charge in [-0.25, -0.2) is 15.0 Å². The summed E-state index contributed by atoms with van der Waals surface area (Å²) >= 11 is 0. The van der Waals surface area contributed by atoms with E-state index < -0.39 is 35.3 Å². The summed E-state index contributed by atoms with van der Waals surface area (Å²) in [4.78, 5) is 12.0. The number of anilines is 1. The predicted molar refractivity (Wildman–Crippen MR) is 74.6 cm³/mol. The van der Waals surface area contributed by atoms with E-state index in [9.17, 15) is 14.4 Å². The second-order valence-corrected chi connectivity index (χ2v) is 6.35. The van der Waals surface area contributed by atoms with E-state index in [2.05, 4.69) is 15.0 Å². The maximum Gasteiger partial charge on any atom is 0.167 e. The lowest BCUT2D eigenvalue weighted by atomic mass is 10.1. The highest BCUT2D eigenvalue weighted by Gasteiger charge is 2.44. The van der Waals surface area contributed by atoms with Gasteiger partial charge >= 0.3 is 0 Å². The highest BCUT2D eigenvalue weighted by atomic mass is 32.2. The van der Waals surface area contributed by atoms with E-state index in [1.165, 1.54) is 23.5 Å². The zero-order chi connectivity index (χ0) is 15.1. The molecule has 0 bridgehead atoms. The lowest BCUT2D eigenvalue weighted by molar-refractivity contribution is -0.0290. The molecule has 9 nitrogen and oxygen atoms in total. The summed E-state index contributed by atoms with van der Waals surface area (Å²) in [5.74, 6) is 0.358. The Kier molecular flexibility index (Phi) is 3.61. The monoisotopic (exact) mass is 313 g/mol. The molecule has 0 saturated carbocycles. The fourth-order valence-corrected chi connectivity index (χ4v) is 3.12. The molecule has 1 aliphatic rings. The Morgan fingerprint density at radius 3 is 2.86 bits per heavy atom. The molecule has 0 spiro atoms. The number of fused-ring (bicyclic) bond motifs is 1. The molecule has 114 valence electrons. The molecule has 4 N–H and O–H groups in total. The van der Waals surface area contributed by atoms with Gasteiger partial charge in [0.2, 0.25) is 0 Å². The first kappa shape index (κ1) is 14.3. The van der Waals surface area contributed by atoms with Gasteiger partial charge in [-0.1, -0.05) is 0 Å². The number of aliphatic hydroxyl groups is 2. The zero-order valence-corrected chi connectivity index (χ0v) is 12.0. The second-order valence-electron chi connectivity index (χ2n) is 4.87. The van der Waals surface area contributed by atoms with Gasteiger partial charge in [-0.3, -0.25) is 8.78 Å². The molecule has 3 heterocycles. The standard InChI is InChI=1S/C11H15N5O4S/c1-21(19)2-5-7(17)8(18)11(20-5)16-4-15-6-9(12)13-3-14-10(6)16/h3-5,7-8,11,17-18H,2H2,1H3,(H2,12,13,14). The van der Waals surface area contributed by atoms with Crippen LogP contribution in [-0.2, 0) is 15.5 Å². The molecular weight excluding hydrogens is 298 g/mol. The molecule has 0 amide bonds. The first-order chi connectivity index (χ1) is 9.99. The Morgan fingerprint density at radius 2 is 2.14 bits per heavy atom. The van der Waals surface area contributed by atoms with Crippen LogP contribution in [0.15, 0.2) is 12.7 Å². The third-order valence-electron chi connectivity index (χ3n) is 3.40. The highest BCUT2D eigenvalue weighted by molar-refractivity contribution is 7.84. The van der Waals surface area contributed by atoms with Gasteiger partial charge < -0.3 is 20.7 Å². The fraction of sp³-hybridized carbons (Fsp3) is 0.545. The first-order valence-corrected chi connectivity index (χ1v) is 7.96. The van der Waals surface area contributed by atoms with Gasteiger partial charge in [0.1, 0.15) is 30.2 Å². The summed E-state index contributed by atoms with van der Waals surface area (Å²) in [6.45, 7) is 0. The highest BCUT2D eigenvalue weighted by Crippen LogP contribution is 2.32. The van der Waals surface area contributed by atoms with Gasteiger partial charge in [0.05, 0.1) is 12.1 Å². The van der Waals surface area contributed by atoms with Crippen molar-refractivity contribution in [3.63, 3.8) is 0 Å². The zero-order valence-electron chi connectivity index (χ0n) is 11.2. The van der Waals surface area contributed by atoms with Crippen LogP contribution >= 0.6 is 0 Å². The number of hydrogen-bond acceptors (Lipinski definition) is 8. The summed E-state index contributed by atoms with van der Waals surface area (Å²) in [7, 11) is -1.15. The summed E-state index contributed by atoms with van der Waals surface area (Å²) in [6, 6.07) is 0. The van der Waals surface area contributed by atoms with Crippen LogP contribution in [0.1, 0.15) is 6.23 Å². The van der Waals surface area contributed by atoms with Crippen molar-refractivity contribution < 1.29 is 19.2 Å². The second kappa shape index (κ2) is 5.30. The topological polar surface area (TPSA) is 136 Å². The van der Waals surface area contributed by atoms with E-state index in [1.807, 2.05) is 0 Å². The molecule has 1 fully saturated rings. The summed E-state index contributed by atoms with van der Waals surface area (Å²) < 4.78 is 18.4. The SMILES string of the molecule is CS(=O)CC1OC(n2cnc3c(N)ncnc32)C(O)C1O. The van der Waals surface area contributed by atoms with Crippen LogP contribution in [0.4, 0.5) is 5.82 Å². The number of nitrogens with two attached hydrogens (primary N) is 1. The van der Waals surface area contributed by atoms with E-state index in [1.54, 1.807) is 0 Å². The van der Waals surface area contributed by atoms with E-state index in [0.29, 0.717) is 11.2 Å². The van der Waals surface area contributed by atoms with E-state index in [-0.39, 0.29) is 11.6 Å². The maximum absolute atomic E-state index is 11.3. The van der Waals surface area contributed by atoms with Crippen LogP contribution in [0.25, 0.3) is 11.2 Å². The van der Waals surface area contributed by atoms with E-state index >= 15 is 0 Å². The molecule has 21 heavy (non-hydrogen) atoms. The predicted octanol–water partition coefficient (Wildman–Crippen LogP) is -1.59. The lowest BCUT2D eigenvalue weighted by Gasteiger charge is -2.16. The molecule has 0 aliphatic carbocycles. The normalized spacial score (nSPS) is 30.8. The van der Waals surface area contributed by atoms with Gasteiger partial charge in [-0.05, 0) is 0 Å². The molecule has 3 rings (SSSR count). The molecule has 2 aromatic rings. The number of imidazole rings is 1. The quantitative estimate of drug-likeness (QED) is 0.616. The Bertz CT molecular complexity index is 692. The molecule has 0 aromatic carbocycles. The third kappa shape index (κ3) is 2.39. The number of nitrogen functional groups attached to an aromatic ring is 1. The Morgan fingerprint density at radius 1 is 1.38 bits per heavy atom. The Hall–Kier alpha value is -1.62. The molecule has 2 aromatic heterocycles. The number of aromatic nitrogens is 4. The Balaban J connectivity index is 1.96. The fourth-order valence-electron chi connectivity index (χ4n) is 2.38. The van der Waals surface area contributed by atoms with Crippen molar-refractivity contribution in [3.05, 3.63) is 12.7 Å². The summed E-state index contributed by atoms with van der Waals surface area (Å²) in [6.07, 6.45) is 0.326. The molecule has 10 heteroatoms. The molecule has 5 atom stereocenters. The van der Waals surface area contributed by atoms with Crippen molar-refractivity contribution in [2.75, 3.05) is 17.7 Å². The molecular formula is C11H15N5O4S. The van der Waals surface area contributed by atoms with Gasteiger partial charge in [-0.2, -0.15) is 0 Å². The van der Waals surface area contributed by atoms with Crippen molar-refractivity contribution in [1.29, 1.82) is 0 Å². The minimum atomic E-state index is -1.17. The smallest absolute Gasteiger partial charge is 0.167 e. The van der Waals surface area contributed by atoms with Crippen LogP contribution in [0.5, 0.6) is 0 Å². The third-order valence-corrected chi connectivity index (χ3v) is 4.20. The van der Waals surface area contributed by atoms with Gasteiger partial charge in [0.25, 0.3) is 0 Å². The summed E-state index contributed by atoms with van der Waals surface area (Å²) in [5.41, 5.74) is 6.50. The lowest BCUT2D eigenvalue weighted by Crippen LogP contribution is -2.34. The largest absolute Gasteiger partial charge is 0.387 e. The molecule has 1 aliphatic heterocycles. The first-order valence-electron chi connectivity index (χ1n) is 6.23. The minimum absolute atomic E-state index is 0.137. The van der Waals surface area contributed by atoms with Crippen molar-refractivity contribution in [2.45, 2.75) is 24.5 Å². The number of nitrogens with zero attached hydrogens (tertiary/aromatic N) is 4. The van der Waals surface area contributed by atoms with Gasteiger partial charge in [0.15, 0.2) is 17.7 Å². The number of hydrogen-bond donors (Lipinski definition) is 3. The van der Waals surface area contributed by atoms with Gasteiger partial charge in [-0.15, -0.1) is 0 Å². The van der Waals surface area contributed by atoms with Crippen molar-refractivity contribution >= 4 is 27.8 Å². The average Bonchev–Trinajstić information content (AvgIpc) is 2.96. The average molecular weight is 313 g/mol. The molecule has 1 saturated heterocycles. The van der Waals surface area contributed by atoms with Gasteiger partial charge in [0, 0.05) is 17.1 Å². The number of rotatable bonds is 3. The Labute approximate surface area is 122 Å². The van der Waals surface area contributed by atoms with Crippen LogP contribution in [0, 0.1) is 0 Å². The van der Waals surface area contributed by atoms with Crippen LogP contribution in [0.2, 0.25) is 0 Å². The van der Waals surface area contributed by atoms with E-state index in [4.69, 9.17) is 10.5 Å². The molecule has 0 radical (unpaired) electrons. The summed E-state index contributed by atoms with van der Waals surface area (Å²) in [5, 5.41) is 20.1. The van der Waals surface area contributed by atoms with Crippen LogP contribution < -0.4 is 5.73 Å².